The normalized spacial score (nSPS) is 13.6. The average molecular weight is 397 g/mol. The molecule has 28 heavy (non-hydrogen) atoms. The van der Waals surface area contributed by atoms with Gasteiger partial charge in [-0.3, -0.25) is 9.59 Å². The Bertz CT molecular complexity index is 854. The van der Waals surface area contributed by atoms with Gasteiger partial charge < -0.3 is 35.3 Å². The molecule has 1 aliphatic rings. The number of primary amides is 1. The Hall–Kier alpha value is -3.34. The van der Waals surface area contributed by atoms with Gasteiger partial charge in [0, 0.05) is 6.54 Å². The summed E-state index contributed by atoms with van der Waals surface area (Å²) in [6.45, 7) is -0.554. The number of esters is 1. The zero-order chi connectivity index (χ0) is 21.0. The molecule has 0 unspecified atom stereocenters. The summed E-state index contributed by atoms with van der Waals surface area (Å²) < 4.78 is 29.6. The van der Waals surface area contributed by atoms with Gasteiger partial charge in [0.1, 0.15) is 5.70 Å². The van der Waals surface area contributed by atoms with Crippen molar-refractivity contribution in [3.8, 4) is 11.5 Å². The molecule has 0 bridgehead atoms. The molecule has 1 heterocycles. The number of ether oxygens (including phenoxy) is 3. The van der Waals surface area contributed by atoms with Crippen molar-refractivity contribution in [1.29, 1.82) is 0 Å². The molecular weight excluding hydrogens is 377 g/mol. The lowest BCUT2D eigenvalue weighted by Crippen LogP contribution is -2.31. The van der Waals surface area contributed by atoms with Crippen LogP contribution in [0.15, 0.2) is 17.3 Å². The Morgan fingerprint density at radius 2 is 2.00 bits per heavy atom. The van der Waals surface area contributed by atoms with E-state index >= 15 is 0 Å². The van der Waals surface area contributed by atoms with Gasteiger partial charge in [-0.25, -0.2) is 9.18 Å². The largest absolute Gasteiger partial charge is 0.493 e. The summed E-state index contributed by atoms with van der Waals surface area (Å²) in [5.41, 5.74) is 4.16. The van der Waals surface area contributed by atoms with E-state index in [-0.39, 0.29) is 48.0 Å². The number of anilines is 1. The highest BCUT2D eigenvalue weighted by Crippen LogP contribution is 2.38. The fourth-order valence-electron chi connectivity index (χ4n) is 2.74. The topological polar surface area (TPSA) is 140 Å². The minimum absolute atomic E-state index is 0.0540. The van der Waals surface area contributed by atoms with Crippen LogP contribution in [0.5, 0.6) is 11.5 Å². The summed E-state index contributed by atoms with van der Waals surface area (Å²) >= 11 is 0. The van der Waals surface area contributed by atoms with Crippen molar-refractivity contribution in [2.24, 2.45) is 5.73 Å². The molecule has 4 N–H and O–H groups in total. The first-order valence-electron chi connectivity index (χ1n) is 8.03. The lowest BCUT2D eigenvalue weighted by Gasteiger charge is -2.18. The van der Waals surface area contributed by atoms with Crippen LogP contribution in [-0.2, 0) is 14.3 Å². The number of benzene rings is 1. The highest BCUT2D eigenvalue weighted by molar-refractivity contribution is 6.10. The summed E-state index contributed by atoms with van der Waals surface area (Å²) in [6, 6.07) is 1.15. The molecule has 0 radical (unpaired) electrons. The number of carbonyl (C=O) groups excluding carboxylic acids is 3. The van der Waals surface area contributed by atoms with Gasteiger partial charge in [-0.15, -0.1) is 0 Å². The van der Waals surface area contributed by atoms with Gasteiger partial charge in [-0.2, -0.15) is 0 Å². The van der Waals surface area contributed by atoms with Gasteiger partial charge in [-0.05, 0) is 6.07 Å². The molecule has 2 amide bonds. The first kappa shape index (κ1) is 21.0. The second kappa shape index (κ2) is 8.57. The number of methoxy groups -OCH3 is 3. The summed E-state index contributed by atoms with van der Waals surface area (Å²) in [7, 11) is 3.57. The summed E-state index contributed by atoms with van der Waals surface area (Å²) in [5.74, 6) is -3.95. The van der Waals surface area contributed by atoms with E-state index in [0.29, 0.717) is 0 Å². The molecule has 152 valence electrons. The molecule has 0 saturated heterocycles. The van der Waals surface area contributed by atoms with Crippen molar-refractivity contribution in [2.75, 3.05) is 46.3 Å². The van der Waals surface area contributed by atoms with Crippen molar-refractivity contribution in [3.05, 3.63) is 28.7 Å². The number of nitrogens with one attached hydrogen (secondary N) is 1. The second-order valence-electron chi connectivity index (χ2n) is 5.63. The van der Waals surface area contributed by atoms with Crippen LogP contribution in [0.2, 0.25) is 0 Å². The van der Waals surface area contributed by atoms with E-state index in [1.54, 1.807) is 0 Å². The summed E-state index contributed by atoms with van der Waals surface area (Å²) in [4.78, 5) is 37.6. The Morgan fingerprint density at radius 1 is 1.32 bits per heavy atom. The van der Waals surface area contributed by atoms with E-state index in [0.717, 1.165) is 18.1 Å². The van der Waals surface area contributed by atoms with Crippen molar-refractivity contribution < 1.29 is 38.1 Å². The molecule has 1 aromatic carbocycles. The van der Waals surface area contributed by atoms with E-state index in [1.165, 1.54) is 14.2 Å². The third kappa shape index (κ3) is 3.69. The van der Waals surface area contributed by atoms with Crippen LogP contribution in [0.3, 0.4) is 0 Å². The van der Waals surface area contributed by atoms with Crippen molar-refractivity contribution in [1.82, 2.24) is 4.90 Å². The van der Waals surface area contributed by atoms with Crippen molar-refractivity contribution >= 4 is 23.5 Å². The monoisotopic (exact) mass is 397 g/mol. The zero-order valence-electron chi connectivity index (χ0n) is 15.5. The van der Waals surface area contributed by atoms with Crippen LogP contribution in [-0.4, -0.2) is 68.8 Å². The van der Waals surface area contributed by atoms with Crippen LogP contribution >= 0.6 is 0 Å². The quantitative estimate of drug-likeness (QED) is 0.504. The van der Waals surface area contributed by atoms with Gasteiger partial charge in [0.2, 0.25) is 0 Å². The minimum atomic E-state index is -1.04. The fraction of sp³-hybridized carbons (Fsp3) is 0.353. The number of hydrogen-bond donors (Lipinski definition) is 3. The third-order valence-corrected chi connectivity index (χ3v) is 4.08. The van der Waals surface area contributed by atoms with E-state index < -0.39 is 29.3 Å². The summed E-state index contributed by atoms with van der Waals surface area (Å²) in [5, 5.41) is 11.6. The number of aliphatic hydroxyl groups is 1. The predicted molar refractivity (Wildman–Crippen MR) is 94.4 cm³/mol. The lowest BCUT2D eigenvalue weighted by molar-refractivity contribution is -0.136. The lowest BCUT2D eigenvalue weighted by atomic mass is 10.1. The average Bonchev–Trinajstić information content (AvgIpc) is 2.98. The van der Waals surface area contributed by atoms with Crippen LogP contribution in [0.25, 0.3) is 0 Å². The molecule has 0 saturated carbocycles. The molecule has 0 fully saturated rings. The van der Waals surface area contributed by atoms with Crippen molar-refractivity contribution in [3.63, 3.8) is 0 Å². The number of carbonyl (C=O) groups is 3. The standard InChI is InChI=1S/C17H20FN3O7/c1-26-10-6-8(15(19)23)12(11(18)14(10)27-2)20-13-9(17(25)28-3)7-21(4-5-22)16(13)24/h6,20,22H,4-5,7H2,1-3H3,(H2,19,23). The fourth-order valence-corrected chi connectivity index (χ4v) is 2.74. The number of nitrogens with two attached hydrogens (primary N) is 1. The van der Waals surface area contributed by atoms with Gasteiger partial charge in [0.05, 0.1) is 51.3 Å². The third-order valence-electron chi connectivity index (χ3n) is 4.08. The predicted octanol–water partition coefficient (Wildman–Crippen LogP) is -0.385. The first-order chi connectivity index (χ1) is 13.3. The van der Waals surface area contributed by atoms with Crippen LogP contribution in [0.1, 0.15) is 10.4 Å². The Kier molecular flexibility index (Phi) is 6.41. The van der Waals surface area contributed by atoms with E-state index in [2.05, 4.69) is 10.1 Å². The molecule has 11 heteroatoms. The number of nitrogens with zero attached hydrogens (tertiary/aromatic N) is 1. The maximum absolute atomic E-state index is 15.0. The van der Waals surface area contributed by atoms with Crippen LogP contribution < -0.4 is 20.5 Å². The molecule has 10 nitrogen and oxygen atoms in total. The Labute approximate surface area is 159 Å². The highest BCUT2D eigenvalue weighted by Gasteiger charge is 2.36. The maximum atomic E-state index is 15.0. The van der Waals surface area contributed by atoms with E-state index in [4.69, 9.17) is 20.3 Å². The number of aliphatic hydroxyl groups excluding tert-OH is 1. The second-order valence-corrected chi connectivity index (χ2v) is 5.63. The van der Waals surface area contributed by atoms with Gasteiger partial charge in [0.15, 0.2) is 17.3 Å². The van der Waals surface area contributed by atoms with E-state index in [1.807, 2.05) is 0 Å². The first-order valence-corrected chi connectivity index (χ1v) is 8.03. The molecule has 2 rings (SSSR count). The van der Waals surface area contributed by atoms with Crippen LogP contribution in [0, 0.1) is 5.82 Å². The summed E-state index contributed by atoms with van der Waals surface area (Å²) in [6.07, 6.45) is 0. The number of rotatable bonds is 8. The van der Waals surface area contributed by atoms with Crippen LogP contribution in [0.4, 0.5) is 10.1 Å². The molecule has 0 aromatic heterocycles. The van der Waals surface area contributed by atoms with Gasteiger partial charge >= 0.3 is 5.97 Å². The Balaban J connectivity index is 2.62. The minimum Gasteiger partial charge on any atom is -0.493 e. The Morgan fingerprint density at radius 3 is 2.50 bits per heavy atom. The molecular formula is C17H20FN3O7. The molecule has 0 aliphatic carbocycles. The zero-order valence-corrected chi connectivity index (χ0v) is 15.5. The van der Waals surface area contributed by atoms with E-state index in [9.17, 15) is 18.8 Å². The van der Waals surface area contributed by atoms with Gasteiger partial charge in [-0.1, -0.05) is 0 Å². The SMILES string of the molecule is COC(=O)C1=C(Nc2c(C(N)=O)cc(OC)c(OC)c2F)C(=O)N(CCO)C1. The number of halogens is 1. The van der Waals surface area contributed by atoms with Crippen molar-refractivity contribution in [2.45, 2.75) is 0 Å². The smallest absolute Gasteiger partial charge is 0.337 e. The molecule has 0 atom stereocenters. The number of β-amino-alcohol motifs (C(OH)–C–C–N with tert-alkyl or cyclic N) is 1. The number of hydrogen-bond acceptors (Lipinski definition) is 8. The molecule has 1 aliphatic heterocycles. The molecule has 0 spiro atoms. The number of amides is 2. The maximum Gasteiger partial charge on any atom is 0.337 e. The van der Waals surface area contributed by atoms with Gasteiger partial charge in [0.25, 0.3) is 11.8 Å². The highest BCUT2D eigenvalue weighted by atomic mass is 19.1. The molecule has 1 aromatic rings.